The minimum atomic E-state index is -0.0979. The monoisotopic (exact) mass is 773 g/mol. The maximum absolute atomic E-state index is 2.56. The summed E-state index contributed by atoms with van der Waals surface area (Å²) in [6, 6.07) is 66.7. The Morgan fingerprint density at radius 3 is 1.53 bits per heavy atom. The van der Waals surface area contributed by atoms with Crippen LogP contribution in [0.1, 0.15) is 87.8 Å². The number of anilines is 3. The Morgan fingerprint density at radius 1 is 0.350 bits per heavy atom. The Labute approximate surface area is 356 Å². The fraction of sp³-hybridized carbons (Fsp3) is 0.186. The van der Waals surface area contributed by atoms with Crippen molar-refractivity contribution in [3.8, 4) is 55.6 Å². The molecule has 0 saturated heterocycles. The number of para-hydroxylation sites is 2. The van der Waals surface area contributed by atoms with Crippen molar-refractivity contribution in [2.75, 3.05) is 4.90 Å². The van der Waals surface area contributed by atoms with Crippen LogP contribution in [0, 0.1) is 0 Å². The third kappa shape index (κ3) is 4.99. The number of rotatable bonds is 7. The smallest absolute Gasteiger partial charge is 0.0540 e. The summed E-state index contributed by atoms with van der Waals surface area (Å²) < 4.78 is 0. The average Bonchev–Trinajstić information content (AvgIpc) is 3.81. The highest BCUT2D eigenvalue weighted by atomic mass is 15.1. The molecule has 8 aromatic rings. The van der Waals surface area contributed by atoms with Crippen LogP contribution < -0.4 is 4.90 Å². The molecular weight excluding hydrogens is 723 g/mol. The van der Waals surface area contributed by atoms with E-state index in [4.69, 9.17) is 0 Å². The van der Waals surface area contributed by atoms with Gasteiger partial charge in [0.05, 0.1) is 11.4 Å². The second-order valence-corrected chi connectivity index (χ2v) is 18.3. The van der Waals surface area contributed by atoms with Gasteiger partial charge >= 0.3 is 0 Å². The summed E-state index contributed by atoms with van der Waals surface area (Å²) in [5.74, 6) is 0. The van der Waals surface area contributed by atoms with Crippen molar-refractivity contribution in [2.45, 2.75) is 70.6 Å². The number of nitrogens with zero attached hydrogens (tertiary/aromatic N) is 1. The number of fused-ring (bicyclic) bond motifs is 9. The molecule has 0 heterocycles. The lowest BCUT2D eigenvalue weighted by atomic mass is 9.74. The molecular formula is C59H51N. The van der Waals surface area contributed by atoms with Gasteiger partial charge in [-0.25, -0.2) is 0 Å². The van der Waals surface area contributed by atoms with E-state index in [0.717, 1.165) is 29.9 Å². The molecule has 0 saturated carbocycles. The van der Waals surface area contributed by atoms with E-state index in [1.165, 1.54) is 89.0 Å². The first kappa shape index (κ1) is 36.6. The lowest BCUT2D eigenvalue weighted by Gasteiger charge is -2.32. The molecule has 0 unspecified atom stereocenters. The zero-order chi connectivity index (χ0) is 41.0. The highest BCUT2D eigenvalue weighted by Crippen LogP contribution is 2.57. The molecule has 0 N–H and O–H groups in total. The first-order chi connectivity index (χ1) is 29.2. The van der Waals surface area contributed by atoms with Gasteiger partial charge in [0, 0.05) is 33.1 Å². The molecule has 1 heteroatoms. The van der Waals surface area contributed by atoms with Crippen LogP contribution in [0.25, 0.3) is 55.6 Å². The van der Waals surface area contributed by atoms with Gasteiger partial charge in [0.15, 0.2) is 0 Å². The topological polar surface area (TPSA) is 3.24 Å². The van der Waals surface area contributed by atoms with E-state index in [1.807, 2.05) is 0 Å². The SMILES string of the molecule is CCC1(CC)c2ccccc2-c2cc(N(c3ccccc3-c3ccc4c(c3)C(C)(C)c3ccccc3-4)c3ccccc3-c3cccc4c3-c3ccccc3C4(C)C)ccc21. The lowest BCUT2D eigenvalue weighted by Crippen LogP contribution is -2.23. The molecule has 0 radical (unpaired) electrons. The van der Waals surface area contributed by atoms with Gasteiger partial charge in [0.2, 0.25) is 0 Å². The van der Waals surface area contributed by atoms with E-state index in [9.17, 15) is 0 Å². The van der Waals surface area contributed by atoms with Gasteiger partial charge in [-0.15, -0.1) is 0 Å². The molecule has 8 aromatic carbocycles. The molecule has 0 fully saturated rings. The van der Waals surface area contributed by atoms with Crippen molar-refractivity contribution in [3.63, 3.8) is 0 Å². The Bertz CT molecular complexity index is 3030. The third-order valence-corrected chi connectivity index (χ3v) is 14.8. The molecule has 60 heavy (non-hydrogen) atoms. The number of benzene rings is 8. The van der Waals surface area contributed by atoms with Crippen molar-refractivity contribution in [3.05, 3.63) is 209 Å². The fourth-order valence-electron chi connectivity index (χ4n) is 11.7. The van der Waals surface area contributed by atoms with E-state index in [-0.39, 0.29) is 16.2 Å². The van der Waals surface area contributed by atoms with Crippen LogP contribution in [0.3, 0.4) is 0 Å². The summed E-state index contributed by atoms with van der Waals surface area (Å²) in [6.45, 7) is 14.2. The van der Waals surface area contributed by atoms with Gasteiger partial charge in [-0.05, 0) is 121 Å². The standard InChI is InChI=1S/C59H51N/c1-7-59(8-2)50-28-16-10-22-42(50)47-37-39(33-35-51(47)59)60(54-30-17-12-20-40(54)38-32-34-43-41-21-9-14-26-48(41)58(5,6)53(43)36-38)55-31-18-13-23-44(55)45-25-19-29-52-56(45)46-24-11-15-27-49(46)57(52,3)4/h9-37H,7-8H2,1-6H3. The van der Waals surface area contributed by atoms with Crippen LogP contribution in [0.5, 0.6) is 0 Å². The maximum atomic E-state index is 2.56. The van der Waals surface area contributed by atoms with Gasteiger partial charge in [0.25, 0.3) is 0 Å². The van der Waals surface area contributed by atoms with Gasteiger partial charge < -0.3 is 4.90 Å². The lowest BCUT2D eigenvalue weighted by molar-refractivity contribution is 0.490. The minimum absolute atomic E-state index is 0.00465. The molecule has 0 aliphatic heterocycles. The van der Waals surface area contributed by atoms with E-state index in [2.05, 4.69) is 222 Å². The zero-order valence-electron chi connectivity index (χ0n) is 35.6. The summed E-state index contributed by atoms with van der Waals surface area (Å²) in [7, 11) is 0. The molecule has 3 aliphatic rings. The average molecular weight is 774 g/mol. The van der Waals surface area contributed by atoms with E-state index in [0.29, 0.717) is 0 Å². The molecule has 0 amide bonds. The zero-order valence-corrected chi connectivity index (χ0v) is 35.6. The van der Waals surface area contributed by atoms with E-state index >= 15 is 0 Å². The van der Waals surface area contributed by atoms with E-state index in [1.54, 1.807) is 0 Å². The summed E-state index contributed by atoms with van der Waals surface area (Å²) in [6.07, 6.45) is 2.13. The molecule has 0 bridgehead atoms. The minimum Gasteiger partial charge on any atom is -0.309 e. The first-order valence-electron chi connectivity index (χ1n) is 21.9. The van der Waals surface area contributed by atoms with Crippen molar-refractivity contribution in [1.29, 1.82) is 0 Å². The predicted molar refractivity (Wildman–Crippen MR) is 254 cm³/mol. The Balaban J connectivity index is 1.17. The van der Waals surface area contributed by atoms with Gasteiger partial charge in [-0.3, -0.25) is 0 Å². The largest absolute Gasteiger partial charge is 0.309 e. The van der Waals surface area contributed by atoms with E-state index < -0.39 is 0 Å². The molecule has 3 aliphatic carbocycles. The molecule has 11 rings (SSSR count). The second-order valence-electron chi connectivity index (χ2n) is 18.3. The predicted octanol–water partition coefficient (Wildman–Crippen LogP) is 16.2. The van der Waals surface area contributed by atoms with Crippen LogP contribution in [0.15, 0.2) is 176 Å². The Morgan fingerprint density at radius 2 is 0.833 bits per heavy atom. The number of hydrogen-bond acceptors (Lipinski definition) is 1. The molecule has 0 aromatic heterocycles. The Kier molecular flexibility index (Phi) is 8.11. The molecule has 1 nitrogen and oxygen atoms in total. The van der Waals surface area contributed by atoms with Crippen molar-refractivity contribution < 1.29 is 0 Å². The van der Waals surface area contributed by atoms with Crippen molar-refractivity contribution >= 4 is 17.1 Å². The highest BCUT2D eigenvalue weighted by Gasteiger charge is 2.41. The highest BCUT2D eigenvalue weighted by molar-refractivity contribution is 6.00. The first-order valence-corrected chi connectivity index (χ1v) is 21.9. The quantitative estimate of drug-likeness (QED) is 0.156. The Hall–Kier alpha value is -6.44. The van der Waals surface area contributed by atoms with Gasteiger partial charge in [-0.2, -0.15) is 0 Å². The maximum Gasteiger partial charge on any atom is 0.0540 e. The van der Waals surface area contributed by atoms with Gasteiger partial charge in [-0.1, -0.05) is 187 Å². The summed E-state index contributed by atoms with van der Waals surface area (Å²) >= 11 is 0. The van der Waals surface area contributed by atoms with Crippen LogP contribution in [-0.4, -0.2) is 0 Å². The van der Waals surface area contributed by atoms with Crippen LogP contribution in [0.4, 0.5) is 17.1 Å². The fourth-order valence-corrected chi connectivity index (χ4v) is 11.7. The van der Waals surface area contributed by atoms with Crippen LogP contribution in [0.2, 0.25) is 0 Å². The van der Waals surface area contributed by atoms with Crippen LogP contribution in [-0.2, 0) is 16.2 Å². The molecule has 292 valence electrons. The summed E-state index contributed by atoms with van der Waals surface area (Å²) in [4.78, 5) is 2.56. The summed E-state index contributed by atoms with van der Waals surface area (Å²) in [5.41, 5.74) is 24.8. The van der Waals surface area contributed by atoms with Gasteiger partial charge in [0.1, 0.15) is 0 Å². The van der Waals surface area contributed by atoms with Crippen LogP contribution >= 0.6 is 0 Å². The van der Waals surface area contributed by atoms with Crippen molar-refractivity contribution in [1.82, 2.24) is 0 Å². The second kappa shape index (κ2) is 13.3. The third-order valence-electron chi connectivity index (χ3n) is 14.8. The normalized spacial score (nSPS) is 15.4. The molecule has 0 spiro atoms. The summed E-state index contributed by atoms with van der Waals surface area (Å²) in [5, 5.41) is 0. The number of hydrogen-bond donors (Lipinski definition) is 0. The van der Waals surface area contributed by atoms with Crippen molar-refractivity contribution in [2.24, 2.45) is 0 Å². The molecule has 0 atom stereocenters.